The number of hydrazone groups is 1. The highest BCUT2D eigenvalue weighted by molar-refractivity contribution is 8.14. The van der Waals surface area contributed by atoms with Crippen molar-refractivity contribution in [2.24, 2.45) is 10.1 Å². The van der Waals surface area contributed by atoms with Gasteiger partial charge in [-0.25, -0.2) is 4.99 Å². The summed E-state index contributed by atoms with van der Waals surface area (Å²) < 4.78 is 11.4. The summed E-state index contributed by atoms with van der Waals surface area (Å²) in [5.41, 5.74) is 5.79. The fourth-order valence-electron chi connectivity index (χ4n) is 2.53. The summed E-state index contributed by atoms with van der Waals surface area (Å²) in [6.45, 7) is 1.36. The Morgan fingerprint density at radius 3 is 2.76 bits per heavy atom. The summed E-state index contributed by atoms with van der Waals surface area (Å²) in [6, 6.07) is 13.4. The number of fused-ring (bicyclic) bond motifs is 1. The first-order valence-corrected chi connectivity index (χ1v) is 9.34. The first kappa shape index (κ1) is 16.3. The van der Waals surface area contributed by atoms with Gasteiger partial charge in [-0.2, -0.15) is 5.10 Å². The molecular formula is C18H16ClN3O2S. The van der Waals surface area contributed by atoms with Gasteiger partial charge in [0.15, 0.2) is 16.7 Å². The molecular weight excluding hydrogens is 358 g/mol. The van der Waals surface area contributed by atoms with Gasteiger partial charge in [0, 0.05) is 22.8 Å². The number of aliphatic imine (C=N–C) groups is 1. The molecule has 7 heteroatoms. The van der Waals surface area contributed by atoms with E-state index >= 15 is 0 Å². The maximum atomic E-state index is 5.99. The van der Waals surface area contributed by atoms with Crippen LogP contribution in [0.25, 0.3) is 0 Å². The lowest BCUT2D eigenvalue weighted by Crippen LogP contribution is -2.25. The molecule has 0 amide bonds. The van der Waals surface area contributed by atoms with Gasteiger partial charge in [-0.1, -0.05) is 29.4 Å². The Kier molecular flexibility index (Phi) is 4.81. The summed E-state index contributed by atoms with van der Waals surface area (Å²) >= 11 is 7.59. The van der Waals surface area contributed by atoms with Crippen LogP contribution in [0.5, 0.6) is 11.5 Å². The fourth-order valence-corrected chi connectivity index (χ4v) is 3.50. The van der Waals surface area contributed by atoms with E-state index in [9.17, 15) is 0 Å². The maximum absolute atomic E-state index is 5.99. The highest BCUT2D eigenvalue weighted by Crippen LogP contribution is 2.31. The average Bonchev–Trinajstić information content (AvgIpc) is 2.87. The molecule has 0 saturated carbocycles. The zero-order valence-electron chi connectivity index (χ0n) is 13.4. The second-order valence-electron chi connectivity index (χ2n) is 5.57. The van der Waals surface area contributed by atoms with Crippen LogP contribution in [0.4, 0.5) is 5.69 Å². The van der Waals surface area contributed by atoms with Crippen molar-refractivity contribution in [2.75, 3.05) is 19.0 Å². The first-order chi connectivity index (χ1) is 12.3. The lowest BCUT2D eigenvalue weighted by atomic mass is 10.1. The van der Waals surface area contributed by atoms with Gasteiger partial charge in [0.25, 0.3) is 0 Å². The third-order valence-electron chi connectivity index (χ3n) is 3.75. The van der Waals surface area contributed by atoms with Crippen molar-refractivity contribution in [3.8, 4) is 11.5 Å². The van der Waals surface area contributed by atoms with Crippen molar-refractivity contribution in [2.45, 2.75) is 6.42 Å². The lowest BCUT2D eigenvalue weighted by Gasteiger charge is -2.16. The molecule has 0 spiro atoms. The number of amidine groups is 1. The summed E-state index contributed by atoms with van der Waals surface area (Å²) in [5, 5.41) is 5.87. The van der Waals surface area contributed by atoms with Gasteiger partial charge >= 0.3 is 0 Å². The first-order valence-electron chi connectivity index (χ1n) is 7.97. The Bertz CT molecular complexity index is 854. The molecule has 2 heterocycles. The molecule has 25 heavy (non-hydrogen) atoms. The van der Waals surface area contributed by atoms with Gasteiger partial charge in [-0.05, 0) is 36.4 Å². The van der Waals surface area contributed by atoms with E-state index in [0.29, 0.717) is 18.2 Å². The number of nitrogens with zero attached hydrogens (tertiary/aromatic N) is 2. The van der Waals surface area contributed by atoms with Gasteiger partial charge < -0.3 is 9.47 Å². The molecule has 0 aromatic heterocycles. The third-order valence-corrected chi connectivity index (χ3v) is 4.86. The molecule has 0 aliphatic carbocycles. The van der Waals surface area contributed by atoms with Crippen molar-refractivity contribution < 1.29 is 9.47 Å². The topological polar surface area (TPSA) is 55.2 Å². The smallest absolute Gasteiger partial charge is 0.182 e. The fraction of sp³-hybridized carbons (Fsp3) is 0.222. The Morgan fingerprint density at radius 1 is 1.08 bits per heavy atom. The van der Waals surface area contributed by atoms with Gasteiger partial charge in [-0.15, -0.1) is 0 Å². The quantitative estimate of drug-likeness (QED) is 0.855. The minimum absolute atomic E-state index is 0.666. The third kappa shape index (κ3) is 3.91. The molecule has 0 bridgehead atoms. The summed E-state index contributed by atoms with van der Waals surface area (Å²) in [5.74, 6) is 2.30. The van der Waals surface area contributed by atoms with E-state index in [1.54, 1.807) is 11.8 Å². The number of hydrogen-bond donors (Lipinski definition) is 1. The molecule has 0 saturated heterocycles. The molecule has 2 aromatic carbocycles. The largest absolute Gasteiger partial charge is 0.490 e. The van der Waals surface area contributed by atoms with Crippen LogP contribution in [0.3, 0.4) is 0 Å². The van der Waals surface area contributed by atoms with Gasteiger partial charge in [0.2, 0.25) is 0 Å². The zero-order chi connectivity index (χ0) is 17.1. The molecule has 0 unspecified atom stereocenters. The predicted molar refractivity (Wildman–Crippen MR) is 103 cm³/mol. The monoisotopic (exact) mass is 373 g/mol. The lowest BCUT2D eigenvalue weighted by molar-refractivity contribution is 0.297. The Morgan fingerprint density at radius 2 is 1.96 bits per heavy atom. The summed E-state index contributed by atoms with van der Waals surface area (Å²) in [7, 11) is 0. The minimum atomic E-state index is 0.666. The van der Waals surface area contributed by atoms with E-state index in [0.717, 1.165) is 45.8 Å². The highest BCUT2D eigenvalue weighted by Gasteiger charge is 2.17. The van der Waals surface area contributed by atoms with Crippen LogP contribution in [-0.2, 0) is 0 Å². The minimum Gasteiger partial charge on any atom is -0.490 e. The van der Waals surface area contributed by atoms with E-state index in [1.165, 1.54) is 0 Å². The van der Waals surface area contributed by atoms with E-state index in [2.05, 4.69) is 15.5 Å². The number of benzene rings is 2. The Hall–Kier alpha value is -2.18. The van der Waals surface area contributed by atoms with Crippen molar-refractivity contribution in [1.82, 2.24) is 5.43 Å². The van der Waals surface area contributed by atoms with E-state index in [-0.39, 0.29) is 0 Å². The normalized spacial score (nSPS) is 18.3. The van der Waals surface area contributed by atoms with Crippen LogP contribution in [0.15, 0.2) is 52.6 Å². The number of ether oxygens (including phenoxy) is 2. The van der Waals surface area contributed by atoms with Crippen LogP contribution in [-0.4, -0.2) is 29.8 Å². The van der Waals surface area contributed by atoms with Crippen LogP contribution in [0, 0.1) is 0 Å². The maximum Gasteiger partial charge on any atom is 0.182 e. The van der Waals surface area contributed by atoms with Crippen LogP contribution < -0.4 is 14.9 Å². The molecule has 2 aliphatic rings. The van der Waals surface area contributed by atoms with Crippen molar-refractivity contribution in [3.05, 3.63) is 53.1 Å². The molecule has 2 aromatic rings. The van der Waals surface area contributed by atoms with Crippen molar-refractivity contribution in [3.63, 3.8) is 0 Å². The molecule has 5 nitrogen and oxygen atoms in total. The van der Waals surface area contributed by atoms with Crippen LogP contribution in [0.1, 0.15) is 12.0 Å². The van der Waals surface area contributed by atoms with Crippen molar-refractivity contribution >= 4 is 39.9 Å². The molecule has 0 fully saturated rings. The number of thioether (sulfide) groups is 1. The Balaban J connectivity index is 1.52. The van der Waals surface area contributed by atoms with Crippen molar-refractivity contribution in [1.29, 1.82) is 0 Å². The van der Waals surface area contributed by atoms with Crippen LogP contribution in [0.2, 0.25) is 5.02 Å². The number of halogens is 1. The molecule has 1 N–H and O–H groups in total. The van der Waals surface area contributed by atoms with E-state index in [1.807, 2.05) is 42.5 Å². The summed E-state index contributed by atoms with van der Waals surface area (Å²) in [6.07, 6.45) is 0.895. The van der Waals surface area contributed by atoms with Crippen LogP contribution >= 0.6 is 23.4 Å². The molecule has 0 radical (unpaired) electrons. The Labute approximate surface area is 155 Å². The number of nitrogens with one attached hydrogen (secondary N) is 1. The SMILES string of the molecule is Clc1cccc(N=C2NN=C(c3ccc4c(c3)OCCCO4)CS2)c1. The zero-order valence-corrected chi connectivity index (χ0v) is 14.9. The standard InChI is InChI=1S/C18H16ClN3O2S/c19-13-3-1-4-14(10-13)20-18-22-21-15(11-25-18)12-5-6-16-17(9-12)24-8-2-7-23-16/h1,3-6,9-10H,2,7-8,11H2,(H,20,22). The molecule has 4 rings (SSSR count). The van der Waals surface area contributed by atoms with Gasteiger partial charge in [-0.3, -0.25) is 5.43 Å². The molecule has 2 aliphatic heterocycles. The van der Waals surface area contributed by atoms with E-state index in [4.69, 9.17) is 21.1 Å². The molecule has 0 atom stereocenters. The molecule has 128 valence electrons. The van der Waals surface area contributed by atoms with E-state index < -0.39 is 0 Å². The summed E-state index contributed by atoms with van der Waals surface area (Å²) in [4.78, 5) is 4.52. The van der Waals surface area contributed by atoms with Gasteiger partial charge in [0.05, 0.1) is 24.6 Å². The second kappa shape index (κ2) is 7.37. The highest BCUT2D eigenvalue weighted by atomic mass is 35.5. The number of hydrogen-bond acceptors (Lipinski definition) is 5. The van der Waals surface area contributed by atoms with Gasteiger partial charge in [0.1, 0.15) is 0 Å². The predicted octanol–water partition coefficient (Wildman–Crippen LogP) is 4.23. The number of rotatable bonds is 2. The average molecular weight is 374 g/mol. The second-order valence-corrected chi connectivity index (χ2v) is 6.97.